The van der Waals surface area contributed by atoms with E-state index >= 15 is 0 Å². The molecule has 0 radical (unpaired) electrons. The summed E-state index contributed by atoms with van der Waals surface area (Å²) < 4.78 is 0. The summed E-state index contributed by atoms with van der Waals surface area (Å²) in [7, 11) is 0. The van der Waals surface area contributed by atoms with Crippen molar-refractivity contribution in [1.29, 1.82) is 0 Å². The van der Waals surface area contributed by atoms with Crippen LogP contribution in [0.2, 0.25) is 0 Å². The summed E-state index contributed by atoms with van der Waals surface area (Å²) in [5, 5.41) is 0. The number of hydrogen-bond donors (Lipinski definition) is 0. The first-order valence-electron chi connectivity index (χ1n) is 4.64. The smallest absolute Gasteiger partial charge is 0.0266 e. The molecule has 3 unspecified atom stereocenters. The van der Waals surface area contributed by atoms with Gasteiger partial charge in [-0.25, -0.2) is 0 Å². The molecule has 10 heavy (non-hydrogen) atoms. The second-order valence-corrected chi connectivity index (χ2v) is 4.77. The summed E-state index contributed by atoms with van der Waals surface area (Å²) in [6.45, 7) is 7.35. The monoisotopic (exact) mass is 138 g/mol. The first-order valence-corrected chi connectivity index (χ1v) is 4.64. The molecule has 58 valence electrons. The summed E-state index contributed by atoms with van der Waals surface area (Å²) in [6, 6.07) is 0. The van der Waals surface area contributed by atoms with E-state index in [1.807, 2.05) is 0 Å². The molecule has 2 fully saturated rings. The zero-order valence-corrected chi connectivity index (χ0v) is 7.35. The zero-order valence-electron chi connectivity index (χ0n) is 7.35. The maximum Gasteiger partial charge on any atom is -0.0266 e. The zero-order chi connectivity index (χ0) is 7.35. The van der Waals surface area contributed by atoms with Crippen molar-refractivity contribution in [3.05, 3.63) is 0 Å². The SMILES string of the molecule is CC1CCC(C)[C@]2(C)CC12. The van der Waals surface area contributed by atoms with Crippen molar-refractivity contribution in [3.63, 3.8) is 0 Å². The van der Waals surface area contributed by atoms with Crippen LogP contribution in [-0.4, -0.2) is 0 Å². The Kier molecular flexibility index (Phi) is 1.19. The molecule has 0 spiro atoms. The highest BCUT2D eigenvalue weighted by molar-refractivity contribution is 5.06. The third-order valence-electron chi connectivity index (χ3n) is 4.21. The molecule has 0 heteroatoms. The number of fused-ring (bicyclic) bond motifs is 1. The normalized spacial score (nSPS) is 59.7. The van der Waals surface area contributed by atoms with Crippen molar-refractivity contribution in [2.45, 2.75) is 40.0 Å². The molecular formula is C10H18. The third kappa shape index (κ3) is 0.681. The molecule has 0 aliphatic heterocycles. The lowest BCUT2D eigenvalue weighted by molar-refractivity contribution is 0.206. The largest absolute Gasteiger partial charge is 0.0622 e. The first-order chi connectivity index (χ1) is 4.64. The van der Waals surface area contributed by atoms with E-state index in [2.05, 4.69) is 20.8 Å². The van der Waals surface area contributed by atoms with Gasteiger partial charge in [0.25, 0.3) is 0 Å². The van der Waals surface area contributed by atoms with Gasteiger partial charge in [-0.3, -0.25) is 0 Å². The minimum atomic E-state index is 0.775. The Balaban J connectivity index is 2.12. The second-order valence-electron chi connectivity index (χ2n) is 4.77. The third-order valence-corrected chi connectivity index (χ3v) is 4.21. The number of rotatable bonds is 0. The molecule has 0 aromatic rings. The van der Waals surface area contributed by atoms with Gasteiger partial charge in [-0.2, -0.15) is 0 Å². The minimum absolute atomic E-state index is 0.775. The molecule has 0 amide bonds. The fraction of sp³-hybridized carbons (Fsp3) is 1.00. The van der Waals surface area contributed by atoms with E-state index in [0.717, 1.165) is 23.2 Å². The fourth-order valence-electron chi connectivity index (χ4n) is 2.88. The lowest BCUT2D eigenvalue weighted by Gasteiger charge is -2.29. The topological polar surface area (TPSA) is 0 Å². The lowest BCUT2D eigenvalue weighted by atomic mass is 9.76. The van der Waals surface area contributed by atoms with Gasteiger partial charge in [-0.05, 0) is 36.0 Å². The maximum absolute atomic E-state index is 2.48. The number of hydrogen-bond acceptors (Lipinski definition) is 0. The van der Waals surface area contributed by atoms with Crippen LogP contribution in [0.15, 0.2) is 0 Å². The van der Waals surface area contributed by atoms with Gasteiger partial charge in [-0.15, -0.1) is 0 Å². The average molecular weight is 138 g/mol. The molecule has 2 aliphatic rings. The van der Waals surface area contributed by atoms with Gasteiger partial charge in [0, 0.05) is 0 Å². The Morgan fingerprint density at radius 3 is 2.50 bits per heavy atom. The van der Waals surface area contributed by atoms with Gasteiger partial charge in [0.15, 0.2) is 0 Å². The van der Waals surface area contributed by atoms with Gasteiger partial charge in [0.2, 0.25) is 0 Å². The van der Waals surface area contributed by atoms with E-state index < -0.39 is 0 Å². The van der Waals surface area contributed by atoms with Crippen molar-refractivity contribution < 1.29 is 0 Å². The van der Waals surface area contributed by atoms with E-state index in [4.69, 9.17) is 0 Å². The maximum atomic E-state index is 2.48. The molecule has 0 aromatic carbocycles. The molecule has 2 rings (SSSR count). The molecule has 2 aliphatic carbocycles. The van der Waals surface area contributed by atoms with Crippen LogP contribution < -0.4 is 0 Å². The summed E-state index contributed by atoms with van der Waals surface area (Å²) in [6.07, 6.45) is 4.49. The van der Waals surface area contributed by atoms with Gasteiger partial charge < -0.3 is 0 Å². The Morgan fingerprint density at radius 2 is 1.90 bits per heavy atom. The van der Waals surface area contributed by atoms with Crippen LogP contribution in [0.25, 0.3) is 0 Å². The quantitative estimate of drug-likeness (QED) is 0.482. The van der Waals surface area contributed by atoms with Crippen molar-refractivity contribution in [2.75, 3.05) is 0 Å². The Labute approximate surface area is 64.0 Å². The van der Waals surface area contributed by atoms with Gasteiger partial charge in [-0.1, -0.05) is 27.2 Å². The summed E-state index contributed by atoms with van der Waals surface area (Å²) in [5.74, 6) is 3.13. The van der Waals surface area contributed by atoms with Crippen LogP contribution in [0, 0.1) is 23.2 Å². The van der Waals surface area contributed by atoms with E-state index in [9.17, 15) is 0 Å². The molecule has 0 saturated heterocycles. The van der Waals surface area contributed by atoms with Crippen LogP contribution in [0.1, 0.15) is 40.0 Å². The second kappa shape index (κ2) is 1.78. The molecule has 0 aromatic heterocycles. The van der Waals surface area contributed by atoms with Gasteiger partial charge in [0.1, 0.15) is 0 Å². The lowest BCUT2D eigenvalue weighted by Crippen LogP contribution is -2.20. The first kappa shape index (κ1) is 6.69. The van der Waals surface area contributed by atoms with E-state index in [1.54, 1.807) is 0 Å². The Morgan fingerprint density at radius 1 is 1.20 bits per heavy atom. The van der Waals surface area contributed by atoms with E-state index in [0.29, 0.717) is 0 Å². The van der Waals surface area contributed by atoms with Gasteiger partial charge >= 0.3 is 0 Å². The van der Waals surface area contributed by atoms with Crippen LogP contribution in [0.4, 0.5) is 0 Å². The van der Waals surface area contributed by atoms with Crippen molar-refractivity contribution in [1.82, 2.24) is 0 Å². The Bertz CT molecular complexity index is 150. The van der Waals surface area contributed by atoms with E-state index in [-0.39, 0.29) is 0 Å². The molecule has 0 bridgehead atoms. The highest BCUT2D eigenvalue weighted by Gasteiger charge is 2.57. The predicted molar refractivity (Wildman–Crippen MR) is 43.8 cm³/mol. The van der Waals surface area contributed by atoms with Crippen molar-refractivity contribution in [3.8, 4) is 0 Å². The summed E-state index contributed by atoms with van der Waals surface area (Å²) in [4.78, 5) is 0. The molecule has 0 heterocycles. The molecular weight excluding hydrogens is 120 g/mol. The Hall–Kier alpha value is 0. The average Bonchev–Trinajstić information content (AvgIpc) is 2.56. The van der Waals surface area contributed by atoms with Crippen molar-refractivity contribution in [2.24, 2.45) is 23.2 Å². The summed E-state index contributed by atoms with van der Waals surface area (Å²) >= 11 is 0. The highest BCUT2D eigenvalue weighted by atomic mass is 14.6. The molecule has 0 N–H and O–H groups in total. The predicted octanol–water partition coefficient (Wildman–Crippen LogP) is 3.08. The van der Waals surface area contributed by atoms with Crippen LogP contribution in [0.3, 0.4) is 0 Å². The standard InChI is InChI=1S/C10H18/c1-7-4-5-8(2)10(3)6-9(7)10/h7-9H,4-6H2,1-3H3/t7?,8?,9?,10-/m0/s1. The van der Waals surface area contributed by atoms with E-state index in [1.165, 1.54) is 19.3 Å². The molecule has 2 saturated carbocycles. The van der Waals surface area contributed by atoms with Crippen LogP contribution in [0.5, 0.6) is 0 Å². The van der Waals surface area contributed by atoms with Gasteiger partial charge in [0.05, 0.1) is 0 Å². The van der Waals surface area contributed by atoms with Crippen LogP contribution >= 0.6 is 0 Å². The fourth-order valence-corrected chi connectivity index (χ4v) is 2.88. The summed E-state index contributed by atoms with van der Waals surface area (Å²) in [5.41, 5.74) is 0.775. The molecule has 0 nitrogen and oxygen atoms in total. The minimum Gasteiger partial charge on any atom is -0.0622 e. The van der Waals surface area contributed by atoms with Crippen LogP contribution in [-0.2, 0) is 0 Å². The highest BCUT2D eigenvalue weighted by Crippen LogP contribution is 2.65. The van der Waals surface area contributed by atoms with Crippen molar-refractivity contribution >= 4 is 0 Å². The molecule has 4 atom stereocenters.